The Labute approximate surface area is 161 Å². The molecule has 0 saturated heterocycles. The van der Waals surface area contributed by atoms with Gasteiger partial charge in [-0.2, -0.15) is 15.3 Å². The molecule has 0 saturated carbocycles. The SMILES string of the molecule is CCn1cc(/C=C/C(=O)Nc2cnn(C)c2C(=O)Nc2cnn(C)c2C)cn1. The first-order valence-corrected chi connectivity index (χ1v) is 8.72. The lowest BCUT2D eigenvalue weighted by Crippen LogP contribution is -2.19. The zero-order chi connectivity index (χ0) is 20.3. The second-order valence-electron chi connectivity index (χ2n) is 6.20. The van der Waals surface area contributed by atoms with Gasteiger partial charge in [-0.15, -0.1) is 0 Å². The van der Waals surface area contributed by atoms with Crippen LogP contribution in [-0.2, 0) is 25.4 Å². The van der Waals surface area contributed by atoms with Gasteiger partial charge in [0.05, 0.1) is 35.7 Å². The van der Waals surface area contributed by atoms with Crippen LogP contribution in [-0.4, -0.2) is 41.2 Å². The van der Waals surface area contributed by atoms with Crippen molar-refractivity contribution in [3.8, 4) is 0 Å². The summed E-state index contributed by atoms with van der Waals surface area (Å²) in [7, 11) is 3.42. The van der Waals surface area contributed by atoms with Gasteiger partial charge in [-0.3, -0.25) is 23.6 Å². The van der Waals surface area contributed by atoms with E-state index in [0.717, 1.165) is 17.8 Å². The van der Waals surface area contributed by atoms with Crippen LogP contribution >= 0.6 is 0 Å². The van der Waals surface area contributed by atoms with Gasteiger partial charge in [0.2, 0.25) is 5.91 Å². The van der Waals surface area contributed by atoms with Gasteiger partial charge in [0.15, 0.2) is 0 Å². The Morgan fingerprint density at radius 3 is 2.39 bits per heavy atom. The van der Waals surface area contributed by atoms with Gasteiger partial charge >= 0.3 is 0 Å². The monoisotopic (exact) mass is 382 g/mol. The summed E-state index contributed by atoms with van der Waals surface area (Å²) < 4.78 is 4.83. The first kappa shape index (κ1) is 19.1. The van der Waals surface area contributed by atoms with E-state index < -0.39 is 0 Å². The number of aryl methyl sites for hydroxylation is 3. The summed E-state index contributed by atoms with van der Waals surface area (Å²) in [5.41, 5.74) is 2.79. The Balaban J connectivity index is 1.72. The summed E-state index contributed by atoms with van der Waals surface area (Å²) in [5, 5.41) is 17.8. The fraction of sp³-hybridized carbons (Fsp3) is 0.278. The number of nitrogens with one attached hydrogen (secondary N) is 2. The lowest BCUT2D eigenvalue weighted by molar-refractivity contribution is -0.111. The zero-order valence-corrected chi connectivity index (χ0v) is 16.2. The molecule has 0 aliphatic rings. The standard InChI is InChI=1S/C18H22N8O2/c1-5-26-11-13(8-21-26)6-7-16(27)22-15-10-20-25(4)17(15)18(28)23-14-9-19-24(3)12(14)2/h6-11H,5H2,1-4H3,(H,22,27)(H,23,28)/b7-6+. The first-order valence-electron chi connectivity index (χ1n) is 8.72. The van der Waals surface area contributed by atoms with Crippen LogP contribution in [0, 0.1) is 6.92 Å². The van der Waals surface area contributed by atoms with Crippen molar-refractivity contribution in [2.45, 2.75) is 20.4 Å². The second-order valence-corrected chi connectivity index (χ2v) is 6.20. The number of hydrogen-bond donors (Lipinski definition) is 2. The summed E-state index contributed by atoms with van der Waals surface area (Å²) in [6.45, 7) is 4.58. The third-order valence-corrected chi connectivity index (χ3v) is 4.30. The first-order chi connectivity index (χ1) is 13.4. The van der Waals surface area contributed by atoms with E-state index >= 15 is 0 Å². The van der Waals surface area contributed by atoms with Crippen LogP contribution in [0.3, 0.4) is 0 Å². The van der Waals surface area contributed by atoms with E-state index in [4.69, 9.17) is 0 Å². The molecule has 28 heavy (non-hydrogen) atoms. The van der Waals surface area contributed by atoms with Gasteiger partial charge in [-0.05, 0) is 19.9 Å². The number of rotatable bonds is 6. The van der Waals surface area contributed by atoms with E-state index in [9.17, 15) is 9.59 Å². The van der Waals surface area contributed by atoms with Crippen molar-refractivity contribution in [2.24, 2.45) is 14.1 Å². The lowest BCUT2D eigenvalue weighted by Gasteiger charge is -2.08. The lowest BCUT2D eigenvalue weighted by atomic mass is 10.3. The molecule has 0 fully saturated rings. The van der Waals surface area contributed by atoms with Gasteiger partial charge in [-0.1, -0.05) is 0 Å². The number of amides is 2. The molecule has 3 aromatic rings. The fourth-order valence-corrected chi connectivity index (χ4v) is 2.59. The number of nitrogens with zero attached hydrogens (tertiary/aromatic N) is 6. The minimum atomic E-state index is -0.389. The predicted octanol–water partition coefficient (Wildman–Crippen LogP) is 1.58. The molecule has 2 amide bonds. The number of aromatic nitrogens is 6. The van der Waals surface area contributed by atoms with Crippen molar-refractivity contribution < 1.29 is 9.59 Å². The molecule has 3 rings (SSSR count). The molecule has 0 bridgehead atoms. The van der Waals surface area contributed by atoms with E-state index in [0.29, 0.717) is 11.4 Å². The Kier molecular flexibility index (Phi) is 5.39. The van der Waals surface area contributed by atoms with E-state index in [-0.39, 0.29) is 17.5 Å². The summed E-state index contributed by atoms with van der Waals surface area (Å²) in [6.07, 6.45) is 9.56. The van der Waals surface area contributed by atoms with Crippen molar-refractivity contribution in [2.75, 3.05) is 10.6 Å². The van der Waals surface area contributed by atoms with Gasteiger partial charge in [-0.25, -0.2) is 0 Å². The van der Waals surface area contributed by atoms with E-state index in [1.807, 2.05) is 20.0 Å². The molecule has 0 aromatic carbocycles. The van der Waals surface area contributed by atoms with Crippen molar-refractivity contribution in [3.05, 3.63) is 47.8 Å². The molecule has 0 unspecified atom stereocenters. The largest absolute Gasteiger partial charge is 0.319 e. The number of anilines is 2. The van der Waals surface area contributed by atoms with Gasteiger partial charge in [0, 0.05) is 38.5 Å². The summed E-state index contributed by atoms with van der Waals surface area (Å²) in [6, 6.07) is 0. The molecule has 146 valence electrons. The molecular formula is C18H22N8O2. The Morgan fingerprint density at radius 2 is 1.75 bits per heavy atom. The zero-order valence-electron chi connectivity index (χ0n) is 16.2. The van der Waals surface area contributed by atoms with Crippen LogP contribution in [0.15, 0.2) is 30.9 Å². The van der Waals surface area contributed by atoms with Gasteiger partial charge in [0.1, 0.15) is 5.69 Å². The highest BCUT2D eigenvalue weighted by Crippen LogP contribution is 2.18. The van der Waals surface area contributed by atoms with Crippen LogP contribution < -0.4 is 10.6 Å². The molecule has 3 aromatic heterocycles. The molecule has 10 nitrogen and oxygen atoms in total. The second kappa shape index (κ2) is 7.91. The van der Waals surface area contributed by atoms with E-state index in [2.05, 4.69) is 25.9 Å². The summed E-state index contributed by atoms with van der Waals surface area (Å²) >= 11 is 0. The highest BCUT2D eigenvalue weighted by atomic mass is 16.2. The molecule has 0 aliphatic carbocycles. The number of carbonyl (C=O) groups is 2. The van der Waals surface area contributed by atoms with Crippen LogP contribution in [0.5, 0.6) is 0 Å². The van der Waals surface area contributed by atoms with Crippen molar-refractivity contribution >= 4 is 29.3 Å². The van der Waals surface area contributed by atoms with Crippen molar-refractivity contribution in [3.63, 3.8) is 0 Å². The number of hydrogen-bond acceptors (Lipinski definition) is 5. The topological polar surface area (TPSA) is 112 Å². The molecule has 0 spiro atoms. The molecule has 0 radical (unpaired) electrons. The third kappa shape index (κ3) is 4.00. The third-order valence-electron chi connectivity index (χ3n) is 4.30. The summed E-state index contributed by atoms with van der Waals surface area (Å²) in [5.74, 6) is -0.761. The van der Waals surface area contributed by atoms with Crippen molar-refractivity contribution in [1.29, 1.82) is 0 Å². The Bertz CT molecular complexity index is 1040. The van der Waals surface area contributed by atoms with Crippen LogP contribution in [0.4, 0.5) is 11.4 Å². The number of carbonyl (C=O) groups excluding carboxylic acids is 2. The van der Waals surface area contributed by atoms with E-state index in [1.54, 1.807) is 41.9 Å². The normalized spacial score (nSPS) is 11.1. The average Bonchev–Trinajstić information content (AvgIpc) is 3.36. The molecule has 0 aliphatic heterocycles. The molecular weight excluding hydrogens is 360 g/mol. The minimum Gasteiger partial charge on any atom is -0.319 e. The maximum absolute atomic E-state index is 12.7. The van der Waals surface area contributed by atoms with E-state index in [1.165, 1.54) is 17.0 Å². The molecule has 3 heterocycles. The smallest absolute Gasteiger partial charge is 0.276 e. The Morgan fingerprint density at radius 1 is 1.04 bits per heavy atom. The average molecular weight is 382 g/mol. The van der Waals surface area contributed by atoms with Crippen LogP contribution in [0.2, 0.25) is 0 Å². The van der Waals surface area contributed by atoms with Crippen molar-refractivity contribution in [1.82, 2.24) is 29.3 Å². The van der Waals surface area contributed by atoms with Gasteiger partial charge in [0.25, 0.3) is 5.91 Å². The minimum absolute atomic E-state index is 0.240. The molecule has 0 atom stereocenters. The Hall–Kier alpha value is -3.69. The highest BCUT2D eigenvalue weighted by Gasteiger charge is 2.19. The molecule has 2 N–H and O–H groups in total. The van der Waals surface area contributed by atoms with Crippen LogP contribution in [0.25, 0.3) is 6.08 Å². The quantitative estimate of drug-likeness (QED) is 0.629. The molecule has 10 heteroatoms. The maximum atomic E-state index is 12.7. The maximum Gasteiger partial charge on any atom is 0.276 e. The summed E-state index contributed by atoms with van der Waals surface area (Å²) in [4.78, 5) is 24.9. The predicted molar refractivity (Wildman–Crippen MR) is 105 cm³/mol. The fourth-order valence-electron chi connectivity index (χ4n) is 2.59. The van der Waals surface area contributed by atoms with Crippen LogP contribution in [0.1, 0.15) is 28.7 Å². The highest BCUT2D eigenvalue weighted by molar-refractivity contribution is 6.10. The van der Waals surface area contributed by atoms with Gasteiger partial charge < -0.3 is 10.6 Å².